The molecule has 0 spiro atoms. The van der Waals surface area contributed by atoms with E-state index in [0.717, 1.165) is 0 Å². The number of rotatable bonds is 3. The van der Waals surface area contributed by atoms with Crippen molar-refractivity contribution in [2.75, 3.05) is 6.61 Å². The standard InChI is InChI=1S/C10H10F2O/c1-7(10(12)6-13)8-3-2-4-9(11)5-8/h2-5,10,13H,1,6H2/t10-/m0/s1. The van der Waals surface area contributed by atoms with Crippen LogP contribution in [-0.2, 0) is 0 Å². The van der Waals surface area contributed by atoms with Gasteiger partial charge in [0.2, 0.25) is 0 Å². The van der Waals surface area contributed by atoms with Crippen LogP contribution >= 0.6 is 0 Å². The molecule has 0 saturated carbocycles. The normalized spacial score (nSPS) is 12.5. The van der Waals surface area contributed by atoms with Crippen LogP contribution in [0.3, 0.4) is 0 Å². The smallest absolute Gasteiger partial charge is 0.148 e. The molecular formula is C10H10F2O. The van der Waals surface area contributed by atoms with Gasteiger partial charge >= 0.3 is 0 Å². The largest absolute Gasteiger partial charge is 0.393 e. The second-order valence-electron chi connectivity index (χ2n) is 2.69. The van der Waals surface area contributed by atoms with Crippen molar-refractivity contribution in [1.82, 2.24) is 0 Å². The van der Waals surface area contributed by atoms with Gasteiger partial charge in [-0.2, -0.15) is 0 Å². The molecule has 70 valence electrons. The Kier molecular flexibility index (Phi) is 3.14. The molecular weight excluding hydrogens is 174 g/mol. The molecule has 0 bridgehead atoms. The predicted octanol–water partition coefficient (Wildman–Crippen LogP) is 2.17. The third kappa shape index (κ3) is 2.36. The number of halogens is 2. The first-order valence-electron chi connectivity index (χ1n) is 3.85. The van der Waals surface area contributed by atoms with Crippen molar-refractivity contribution in [3.05, 3.63) is 42.2 Å². The Labute approximate surface area is 75.3 Å². The first-order valence-corrected chi connectivity index (χ1v) is 3.85. The van der Waals surface area contributed by atoms with Crippen molar-refractivity contribution in [2.45, 2.75) is 6.17 Å². The zero-order valence-corrected chi connectivity index (χ0v) is 7.00. The fourth-order valence-corrected chi connectivity index (χ4v) is 0.979. The number of alkyl halides is 1. The highest BCUT2D eigenvalue weighted by molar-refractivity contribution is 5.66. The maximum absolute atomic E-state index is 12.9. The topological polar surface area (TPSA) is 20.2 Å². The highest BCUT2D eigenvalue weighted by atomic mass is 19.1. The monoisotopic (exact) mass is 184 g/mol. The number of hydrogen-bond acceptors (Lipinski definition) is 1. The fourth-order valence-electron chi connectivity index (χ4n) is 0.979. The zero-order valence-electron chi connectivity index (χ0n) is 7.00. The molecule has 0 unspecified atom stereocenters. The summed E-state index contributed by atoms with van der Waals surface area (Å²) in [4.78, 5) is 0. The van der Waals surface area contributed by atoms with Gasteiger partial charge in [-0.15, -0.1) is 0 Å². The molecule has 1 rings (SSSR count). The molecule has 0 aliphatic rings. The van der Waals surface area contributed by atoms with Crippen molar-refractivity contribution in [3.8, 4) is 0 Å². The van der Waals surface area contributed by atoms with E-state index in [1.807, 2.05) is 0 Å². The van der Waals surface area contributed by atoms with Crippen molar-refractivity contribution >= 4 is 5.57 Å². The first kappa shape index (κ1) is 9.86. The highest BCUT2D eigenvalue weighted by Gasteiger charge is 2.11. The van der Waals surface area contributed by atoms with Crippen molar-refractivity contribution < 1.29 is 13.9 Å². The molecule has 0 heterocycles. The lowest BCUT2D eigenvalue weighted by atomic mass is 10.0. The van der Waals surface area contributed by atoms with E-state index in [2.05, 4.69) is 6.58 Å². The SMILES string of the molecule is C=C(c1cccc(F)c1)[C@@H](F)CO. The molecule has 0 radical (unpaired) electrons. The molecule has 1 N–H and O–H groups in total. The summed E-state index contributed by atoms with van der Waals surface area (Å²) in [6, 6.07) is 5.47. The first-order chi connectivity index (χ1) is 6.15. The zero-order chi connectivity index (χ0) is 9.84. The molecule has 1 atom stereocenters. The van der Waals surface area contributed by atoms with Gasteiger partial charge < -0.3 is 5.11 Å². The Hall–Kier alpha value is -1.22. The number of aliphatic hydroxyl groups excluding tert-OH is 1. The van der Waals surface area contributed by atoms with Crippen LogP contribution in [0.5, 0.6) is 0 Å². The van der Waals surface area contributed by atoms with Gasteiger partial charge in [-0.05, 0) is 23.3 Å². The van der Waals surface area contributed by atoms with Crippen molar-refractivity contribution in [3.63, 3.8) is 0 Å². The maximum atomic E-state index is 12.9. The third-order valence-electron chi connectivity index (χ3n) is 1.73. The minimum absolute atomic E-state index is 0.0991. The van der Waals surface area contributed by atoms with Gasteiger partial charge in [-0.1, -0.05) is 18.7 Å². The Morgan fingerprint density at radius 2 is 2.23 bits per heavy atom. The lowest BCUT2D eigenvalue weighted by molar-refractivity contribution is 0.215. The number of benzene rings is 1. The van der Waals surface area contributed by atoms with Crippen LogP contribution in [0.2, 0.25) is 0 Å². The van der Waals surface area contributed by atoms with Gasteiger partial charge in [0.05, 0.1) is 6.61 Å². The van der Waals surface area contributed by atoms with Gasteiger partial charge in [-0.3, -0.25) is 0 Å². The highest BCUT2D eigenvalue weighted by Crippen LogP contribution is 2.19. The second-order valence-corrected chi connectivity index (χ2v) is 2.69. The third-order valence-corrected chi connectivity index (χ3v) is 1.73. The minimum atomic E-state index is -1.53. The molecule has 0 aliphatic carbocycles. The summed E-state index contributed by atoms with van der Waals surface area (Å²) < 4.78 is 25.5. The summed E-state index contributed by atoms with van der Waals surface area (Å²) in [6.07, 6.45) is -1.53. The van der Waals surface area contributed by atoms with Crippen LogP contribution in [0.4, 0.5) is 8.78 Å². The molecule has 3 heteroatoms. The quantitative estimate of drug-likeness (QED) is 0.763. The Bertz CT molecular complexity index is 310. The Balaban J connectivity index is 2.89. The van der Waals surface area contributed by atoms with E-state index in [4.69, 9.17) is 5.11 Å². The van der Waals surface area contributed by atoms with E-state index in [-0.39, 0.29) is 5.57 Å². The molecule has 1 aromatic rings. The van der Waals surface area contributed by atoms with E-state index in [1.165, 1.54) is 18.2 Å². The molecule has 0 fully saturated rings. The number of hydrogen-bond donors (Lipinski definition) is 1. The average Bonchev–Trinajstić information content (AvgIpc) is 2.15. The van der Waals surface area contributed by atoms with E-state index in [1.54, 1.807) is 6.07 Å². The molecule has 0 saturated heterocycles. The van der Waals surface area contributed by atoms with E-state index in [0.29, 0.717) is 5.56 Å². The Morgan fingerprint density at radius 3 is 2.77 bits per heavy atom. The van der Waals surface area contributed by atoms with E-state index >= 15 is 0 Å². The molecule has 1 nitrogen and oxygen atoms in total. The van der Waals surface area contributed by atoms with Gasteiger partial charge in [0.25, 0.3) is 0 Å². The van der Waals surface area contributed by atoms with Gasteiger partial charge in [0, 0.05) is 0 Å². The van der Waals surface area contributed by atoms with Crippen molar-refractivity contribution in [2.24, 2.45) is 0 Å². The fraction of sp³-hybridized carbons (Fsp3) is 0.200. The van der Waals surface area contributed by atoms with E-state index < -0.39 is 18.6 Å². The summed E-state index contributed by atoms with van der Waals surface area (Å²) in [5.74, 6) is -0.441. The minimum Gasteiger partial charge on any atom is -0.393 e. The molecule has 0 aromatic heterocycles. The summed E-state index contributed by atoms with van der Waals surface area (Å²) in [6.45, 7) is 2.81. The van der Waals surface area contributed by atoms with Crippen LogP contribution in [0, 0.1) is 5.82 Å². The molecule has 0 amide bonds. The average molecular weight is 184 g/mol. The molecule has 0 aliphatic heterocycles. The summed E-state index contributed by atoms with van der Waals surface area (Å²) >= 11 is 0. The summed E-state index contributed by atoms with van der Waals surface area (Å²) in [5.41, 5.74) is 0.476. The second kappa shape index (κ2) is 4.14. The number of aliphatic hydroxyl groups is 1. The van der Waals surface area contributed by atoms with Crippen LogP contribution in [0.15, 0.2) is 30.8 Å². The van der Waals surface area contributed by atoms with Crippen LogP contribution in [0.25, 0.3) is 5.57 Å². The van der Waals surface area contributed by atoms with Crippen LogP contribution in [-0.4, -0.2) is 17.9 Å². The van der Waals surface area contributed by atoms with Crippen molar-refractivity contribution in [1.29, 1.82) is 0 Å². The molecule has 13 heavy (non-hydrogen) atoms. The Morgan fingerprint density at radius 1 is 1.54 bits per heavy atom. The van der Waals surface area contributed by atoms with Gasteiger partial charge in [0.1, 0.15) is 12.0 Å². The van der Waals surface area contributed by atoms with Gasteiger partial charge in [0.15, 0.2) is 0 Å². The van der Waals surface area contributed by atoms with Crippen LogP contribution < -0.4 is 0 Å². The van der Waals surface area contributed by atoms with E-state index in [9.17, 15) is 8.78 Å². The summed E-state index contributed by atoms with van der Waals surface area (Å²) in [7, 11) is 0. The summed E-state index contributed by atoms with van der Waals surface area (Å²) in [5, 5.41) is 8.51. The van der Waals surface area contributed by atoms with Gasteiger partial charge in [-0.25, -0.2) is 8.78 Å². The maximum Gasteiger partial charge on any atom is 0.148 e. The predicted molar refractivity (Wildman–Crippen MR) is 47.4 cm³/mol. The lowest BCUT2D eigenvalue weighted by Crippen LogP contribution is -2.07. The molecule has 1 aromatic carbocycles. The lowest BCUT2D eigenvalue weighted by Gasteiger charge is -2.08. The van der Waals surface area contributed by atoms with Crippen LogP contribution in [0.1, 0.15) is 5.56 Å².